The van der Waals surface area contributed by atoms with Crippen LogP contribution in [0.3, 0.4) is 0 Å². The van der Waals surface area contributed by atoms with Crippen LogP contribution in [0.25, 0.3) is 0 Å². The zero-order chi connectivity index (χ0) is 19.4. The van der Waals surface area contributed by atoms with E-state index in [1.165, 1.54) is 17.1 Å². The summed E-state index contributed by atoms with van der Waals surface area (Å²) in [6, 6.07) is 2.72. The van der Waals surface area contributed by atoms with E-state index in [4.69, 9.17) is 4.18 Å². The number of carbonyl (C=O) groups is 1. The van der Waals surface area contributed by atoms with E-state index in [1.54, 1.807) is 6.21 Å². The summed E-state index contributed by atoms with van der Waals surface area (Å²) in [7, 11) is -3.52. The van der Waals surface area contributed by atoms with Crippen LogP contribution in [0.1, 0.15) is 37.3 Å². The van der Waals surface area contributed by atoms with Crippen LogP contribution in [-0.2, 0) is 19.1 Å². The minimum absolute atomic E-state index is 0.0142. The van der Waals surface area contributed by atoms with Gasteiger partial charge in [-0.05, 0) is 48.8 Å². The molecule has 9 heteroatoms. The van der Waals surface area contributed by atoms with Crippen LogP contribution in [0.15, 0.2) is 23.3 Å². The summed E-state index contributed by atoms with van der Waals surface area (Å²) in [5.74, 6) is -1.27. The van der Waals surface area contributed by atoms with Crippen LogP contribution in [-0.4, -0.2) is 38.4 Å². The molecule has 0 N–H and O–H groups in total. The zero-order valence-electron chi connectivity index (χ0n) is 14.8. The van der Waals surface area contributed by atoms with Crippen LogP contribution in [0.2, 0.25) is 0 Å². The summed E-state index contributed by atoms with van der Waals surface area (Å²) in [5, 5.41) is 5.50. The third kappa shape index (κ3) is 3.38. The van der Waals surface area contributed by atoms with Crippen molar-refractivity contribution in [1.29, 1.82) is 0 Å². The number of halogens is 2. The lowest BCUT2D eigenvalue weighted by atomic mass is 9.68. The summed E-state index contributed by atoms with van der Waals surface area (Å²) >= 11 is 0. The molecule has 1 aromatic rings. The number of benzene rings is 1. The normalized spacial score (nSPS) is 32.0. The smallest absolute Gasteiger partial charge is 0.264 e. The molecular weight excluding hydrogens is 378 g/mol. The van der Waals surface area contributed by atoms with Gasteiger partial charge in [-0.1, -0.05) is 0 Å². The highest BCUT2D eigenvalue weighted by Gasteiger charge is 2.62. The molecule has 5 rings (SSSR count). The van der Waals surface area contributed by atoms with Crippen LogP contribution in [0.5, 0.6) is 0 Å². The average Bonchev–Trinajstić information content (AvgIpc) is 3.23. The molecule has 0 spiro atoms. The summed E-state index contributed by atoms with van der Waals surface area (Å²) in [5.41, 5.74) is -0.206. The van der Waals surface area contributed by atoms with Crippen molar-refractivity contribution < 1.29 is 26.2 Å². The van der Waals surface area contributed by atoms with Gasteiger partial charge in [-0.2, -0.15) is 13.5 Å². The Bertz CT molecular complexity index is 892. The van der Waals surface area contributed by atoms with Crippen molar-refractivity contribution in [2.75, 3.05) is 12.9 Å². The minimum atomic E-state index is -3.52. The maximum atomic E-state index is 13.6. The first-order chi connectivity index (χ1) is 12.7. The molecule has 0 radical (unpaired) electrons. The Morgan fingerprint density at radius 2 is 1.93 bits per heavy atom. The molecule has 146 valence electrons. The second-order valence-electron chi connectivity index (χ2n) is 7.80. The summed E-state index contributed by atoms with van der Waals surface area (Å²) in [4.78, 5) is 13.2. The van der Waals surface area contributed by atoms with Crippen molar-refractivity contribution in [3.8, 4) is 0 Å². The number of hydrazone groups is 1. The number of hydrogen-bond acceptors (Lipinski definition) is 5. The number of amides is 1. The highest BCUT2D eigenvalue weighted by molar-refractivity contribution is 7.85. The first kappa shape index (κ1) is 18.5. The topological polar surface area (TPSA) is 76.0 Å². The van der Waals surface area contributed by atoms with Crippen molar-refractivity contribution in [3.63, 3.8) is 0 Å². The Labute approximate surface area is 156 Å². The first-order valence-electron chi connectivity index (χ1n) is 8.83. The van der Waals surface area contributed by atoms with Crippen LogP contribution in [0.4, 0.5) is 8.78 Å². The zero-order valence-corrected chi connectivity index (χ0v) is 15.6. The number of fused-ring (bicyclic) bond motifs is 1. The van der Waals surface area contributed by atoms with Crippen molar-refractivity contribution in [2.45, 2.75) is 31.7 Å². The summed E-state index contributed by atoms with van der Waals surface area (Å²) in [6.45, 7) is 0.0837. The highest BCUT2D eigenvalue weighted by Crippen LogP contribution is 2.63. The van der Waals surface area contributed by atoms with Gasteiger partial charge in [0.15, 0.2) is 0 Å². The van der Waals surface area contributed by atoms with Gasteiger partial charge in [-0.15, -0.1) is 0 Å². The molecule has 1 amide bonds. The Hall–Kier alpha value is -1.87. The van der Waals surface area contributed by atoms with Gasteiger partial charge in [0.2, 0.25) is 5.91 Å². The number of rotatable bonds is 5. The summed E-state index contributed by atoms with van der Waals surface area (Å²) < 4.78 is 54.5. The largest absolute Gasteiger partial charge is 0.272 e. The number of carbonyl (C=O) groups excluding carboxylic acids is 1. The Balaban J connectivity index is 1.49. The van der Waals surface area contributed by atoms with Gasteiger partial charge in [0.05, 0.1) is 24.3 Å². The third-order valence-electron chi connectivity index (χ3n) is 5.88. The van der Waals surface area contributed by atoms with Crippen LogP contribution < -0.4 is 0 Å². The fourth-order valence-electron chi connectivity index (χ4n) is 4.68. The molecule has 1 heterocycles. The minimum Gasteiger partial charge on any atom is -0.272 e. The SMILES string of the molecule is CS(=O)(=O)OCC1CC2(C(=O)N3N=CCC3c3cc(F)cc(F)c3)CC1C2. The van der Waals surface area contributed by atoms with Crippen molar-refractivity contribution in [2.24, 2.45) is 22.4 Å². The molecule has 27 heavy (non-hydrogen) atoms. The predicted octanol–water partition coefficient (Wildman–Crippen LogP) is 2.62. The van der Waals surface area contributed by atoms with E-state index < -0.39 is 33.2 Å². The molecule has 1 aromatic carbocycles. The molecule has 1 aliphatic heterocycles. The van der Waals surface area contributed by atoms with E-state index in [2.05, 4.69) is 5.10 Å². The average molecular weight is 398 g/mol. The van der Waals surface area contributed by atoms with E-state index in [-0.39, 0.29) is 24.3 Å². The molecule has 2 bridgehead atoms. The van der Waals surface area contributed by atoms with Crippen LogP contribution in [0, 0.1) is 28.9 Å². The van der Waals surface area contributed by atoms with Gasteiger partial charge in [0.1, 0.15) is 11.6 Å². The molecule has 3 aliphatic carbocycles. The molecule has 2 unspecified atom stereocenters. The lowest BCUT2D eigenvalue weighted by molar-refractivity contribution is -0.148. The molecule has 0 saturated heterocycles. The van der Waals surface area contributed by atoms with E-state index >= 15 is 0 Å². The lowest BCUT2D eigenvalue weighted by Crippen LogP contribution is -2.45. The fourth-order valence-corrected chi connectivity index (χ4v) is 5.10. The molecule has 4 aliphatic rings. The molecular formula is C18H20F2N2O4S. The standard InChI is InChI=1S/C18H20F2N2O4S/c1-27(24,25)26-10-13-9-18(7-12(13)8-18)17(23)22-16(2-3-21-22)11-4-14(19)6-15(20)5-11/h3-6,12-13,16H,2,7-10H2,1H3. The van der Waals surface area contributed by atoms with Gasteiger partial charge in [-0.25, -0.2) is 13.8 Å². The third-order valence-corrected chi connectivity index (χ3v) is 6.45. The monoisotopic (exact) mass is 398 g/mol. The van der Waals surface area contributed by atoms with Gasteiger partial charge in [0, 0.05) is 18.7 Å². The first-order valence-corrected chi connectivity index (χ1v) is 10.6. The van der Waals surface area contributed by atoms with Crippen molar-refractivity contribution in [3.05, 3.63) is 35.4 Å². The molecule has 3 fully saturated rings. The fraction of sp³-hybridized carbons (Fsp3) is 0.556. The highest BCUT2D eigenvalue weighted by atomic mass is 32.2. The van der Waals surface area contributed by atoms with Crippen LogP contribution >= 0.6 is 0 Å². The second kappa shape index (κ2) is 6.34. The molecule has 0 aromatic heterocycles. The van der Waals surface area contributed by atoms with E-state index in [9.17, 15) is 22.0 Å². The van der Waals surface area contributed by atoms with Gasteiger partial charge in [0.25, 0.3) is 10.1 Å². The maximum Gasteiger partial charge on any atom is 0.264 e. The van der Waals surface area contributed by atoms with Gasteiger partial charge >= 0.3 is 0 Å². The molecule has 2 atom stereocenters. The van der Waals surface area contributed by atoms with Gasteiger partial charge < -0.3 is 0 Å². The number of nitrogens with zero attached hydrogens (tertiary/aromatic N) is 2. The van der Waals surface area contributed by atoms with Gasteiger partial charge in [-0.3, -0.25) is 8.98 Å². The van der Waals surface area contributed by atoms with E-state index in [0.717, 1.165) is 12.3 Å². The Morgan fingerprint density at radius 1 is 1.26 bits per heavy atom. The maximum absolute atomic E-state index is 13.6. The van der Waals surface area contributed by atoms with E-state index in [1.807, 2.05) is 0 Å². The van der Waals surface area contributed by atoms with E-state index in [0.29, 0.717) is 31.2 Å². The number of hydrogen-bond donors (Lipinski definition) is 0. The second-order valence-corrected chi connectivity index (χ2v) is 9.45. The lowest BCUT2D eigenvalue weighted by Gasteiger charge is -2.40. The Morgan fingerprint density at radius 3 is 2.56 bits per heavy atom. The quantitative estimate of drug-likeness (QED) is 0.715. The Kier molecular flexibility index (Phi) is 4.34. The predicted molar refractivity (Wildman–Crippen MR) is 93.1 cm³/mol. The summed E-state index contributed by atoms with van der Waals surface area (Å²) in [6.07, 6.45) is 4.86. The molecule has 3 saturated carbocycles. The van der Waals surface area contributed by atoms with Crippen molar-refractivity contribution >= 4 is 22.2 Å². The van der Waals surface area contributed by atoms with Crippen molar-refractivity contribution in [1.82, 2.24) is 5.01 Å². The molecule has 6 nitrogen and oxygen atoms in total.